The number of nitrogens with zero attached hydrogens (tertiary/aromatic N) is 1. The summed E-state index contributed by atoms with van der Waals surface area (Å²) < 4.78 is 12.8. The zero-order valence-electron chi connectivity index (χ0n) is 11.6. The molecule has 20 heavy (non-hydrogen) atoms. The molecule has 2 N–H and O–H groups in total. The maximum absolute atomic E-state index is 12.8. The molecule has 0 aromatic heterocycles. The van der Waals surface area contributed by atoms with Gasteiger partial charge in [0.15, 0.2) is 5.84 Å². The second-order valence-electron chi connectivity index (χ2n) is 4.69. The van der Waals surface area contributed by atoms with Crippen molar-refractivity contribution in [3.05, 3.63) is 70.5 Å². The Morgan fingerprint density at radius 3 is 2.55 bits per heavy atom. The first-order chi connectivity index (χ1) is 9.56. The third-order valence-corrected chi connectivity index (χ3v) is 3.03. The van der Waals surface area contributed by atoms with Crippen molar-refractivity contribution in [3.63, 3.8) is 0 Å². The van der Waals surface area contributed by atoms with E-state index >= 15 is 0 Å². The van der Waals surface area contributed by atoms with Crippen molar-refractivity contribution in [3.8, 4) is 0 Å². The zero-order chi connectivity index (χ0) is 14.5. The summed E-state index contributed by atoms with van der Waals surface area (Å²) in [6.07, 6.45) is 0. The second-order valence-corrected chi connectivity index (χ2v) is 4.69. The van der Waals surface area contributed by atoms with Crippen LogP contribution in [0.25, 0.3) is 0 Å². The van der Waals surface area contributed by atoms with Crippen molar-refractivity contribution in [2.45, 2.75) is 20.5 Å². The quantitative estimate of drug-likeness (QED) is 0.527. The van der Waals surface area contributed by atoms with Gasteiger partial charge < -0.3 is 10.6 Å². The maximum Gasteiger partial charge on any atom is 0.170 e. The van der Waals surface area contributed by atoms with Crippen LogP contribution in [0.2, 0.25) is 0 Å². The lowest BCUT2D eigenvalue weighted by atomic mass is 10.1. The molecule has 2 aromatic rings. The van der Waals surface area contributed by atoms with Crippen LogP contribution in [-0.2, 0) is 11.4 Å². The molecule has 3 nitrogen and oxygen atoms in total. The van der Waals surface area contributed by atoms with Gasteiger partial charge in [0.2, 0.25) is 0 Å². The summed E-state index contributed by atoms with van der Waals surface area (Å²) in [6.45, 7) is 4.40. The molecule has 2 aromatic carbocycles. The van der Waals surface area contributed by atoms with Crippen molar-refractivity contribution in [1.82, 2.24) is 0 Å². The van der Waals surface area contributed by atoms with E-state index in [-0.39, 0.29) is 11.7 Å². The Hall–Kier alpha value is -2.36. The van der Waals surface area contributed by atoms with Crippen LogP contribution in [0.5, 0.6) is 0 Å². The van der Waals surface area contributed by atoms with Gasteiger partial charge >= 0.3 is 0 Å². The van der Waals surface area contributed by atoms with Crippen molar-refractivity contribution < 1.29 is 9.23 Å². The Kier molecular flexibility index (Phi) is 4.35. The molecule has 0 aliphatic rings. The number of amidine groups is 1. The average Bonchev–Trinajstić information content (AvgIpc) is 2.43. The highest BCUT2D eigenvalue weighted by molar-refractivity contribution is 5.96. The lowest BCUT2D eigenvalue weighted by Crippen LogP contribution is -2.13. The Labute approximate surface area is 117 Å². The van der Waals surface area contributed by atoms with Gasteiger partial charge in [-0.25, -0.2) is 4.39 Å². The minimum Gasteiger partial charge on any atom is -0.389 e. The number of rotatable bonds is 4. The molecule has 0 spiro atoms. The van der Waals surface area contributed by atoms with Crippen LogP contribution < -0.4 is 5.73 Å². The highest BCUT2D eigenvalue weighted by atomic mass is 19.1. The van der Waals surface area contributed by atoms with E-state index in [1.54, 1.807) is 12.1 Å². The number of nitrogens with two attached hydrogens (primary N) is 1. The SMILES string of the molecule is Cc1ccc(C)c(CO/N=C(/N)c2ccc(F)cc2)c1. The first kappa shape index (κ1) is 14.1. The topological polar surface area (TPSA) is 47.6 Å². The van der Waals surface area contributed by atoms with E-state index in [4.69, 9.17) is 10.6 Å². The van der Waals surface area contributed by atoms with Gasteiger partial charge in [-0.2, -0.15) is 0 Å². The molecule has 0 heterocycles. The van der Waals surface area contributed by atoms with Crippen LogP contribution >= 0.6 is 0 Å². The normalized spacial score (nSPS) is 11.4. The van der Waals surface area contributed by atoms with Crippen molar-refractivity contribution in [1.29, 1.82) is 0 Å². The summed E-state index contributed by atoms with van der Waals surface area (Å²) in [6, 6.07) is 11.9. The summed E-state index contributed by atoms with van der Waals surface area (Å²) in [5, 5.41) is 3.86. The molecule has 4 heteroatoms. The molecule has 0 fully saturated rings. The van der Waals surface area contributed by atoms with E-state index < -0.39 is 0 Å². The molecule has 2 rings (SSSR count). The first-order valence-corrected chi connectivity index (χ1v) is 6.34. The van der Waals surface area contributed by atoms with E-state index in [0.29, 0.717) is 12.2 Å². The highest BCUT2D eigenvalue weighted by Gasteiger charge is 2.01. The van der Waals surface area contributed by atoms with Crippen LogP contribution in [0.4, 0.5) is 4.39 Å². The number of oxime groups is 1. The van der Waals surface area contributed by atoms with Gasteiger partial charge in [-0.05, 0) is 49.2 Å². The molecule has 0 amide bonds. The molecular formula is C16H17FN2O. The summed E-state index contributed by atoms with van der Waals surface area (Å²) in [5.41, 5.74) is 9.80. The number of hydrogen-bond acceptors (Lipinski definition) is 2. The van der Waals surface area contributed by atoms with Crippen molar-refractivity contribution >= 4 is 5.84 Å². The monoisotopic (exact) mass is 272 g/mol. The average molecular weight is 272 g/mol. The minimum absolute atomic E-state index is 0.232. The Morgan fingerprint density at radius 1 is 1.15 bits per heavy atom. The molecule has 0 unspecified atom stereocenters. The van der Waals surface area contributed by atoms with Crippen LogP contribution in [0.3, 0.4) is 0 Å². The fourth-order valence-corrected chi connectivity index (χ4v) is 1.80. The molecular weight excluding hydrogens is 255 g/mol. The molecule has 0 saturated heterocycles. The number of halogens is 1. The van der Waals surface area contributed by atoms with Gasteiger partial charge in [0.25, 0.3) is 0 Å². The second kappa shape index (κ2) is 6.19. The van der Waals surface area contributed by atoms with Gasteiger partial charge in [0, 0.05) is 5.56 Å². The Morgan fingerprint density at radius 2 is 1.85 bits per heavy atom. The smallest absolute Gasteiger partial charge is 0.170 e. The number of aryl methyl sites for hydroxylation is 2. The van der Waals surface area contributed by atoms with E-state index in [0.717, 1.165) is 11.1 Å². The highest BCUT2D eigenvalue weighted by Crippen LogP contribution is 2.12. The molecule has 0 radical (unpaired) electrons. The minimum atomic E-state index is -0.308. The van der Waals surface area contributed by atoms with Crippen molar-refractivity contribution in [2.24, 2.45) is 10.9 Å². The lowest BCUT2D eigenvalue weighted by Gasteiger charge is -2.06. The Bertz CT molecular complexity index is 621. The van der Waals surface area contributed by atoms with Gasteiger partial charge in [-0.3, -0.25) is 0 Å². The van der Waals surface area contributed by atoms with Crippen LogP contribution in [0.1, 0.15) is 22.3 Å². The summed E-state index contributed by atoms with van der Waals surface area (Å²) in [4.78, 5) is 5.27. The predicted octanol–water partition coefficient (Wildman–Crippen LogP) is 3.28. The maximum atomic E-state index is 12.8. The fourth-order valence-electron chi connectivity index (χ4n) is 1.80. The molecule has 0 saturated carbocycles. The predicted molar refractivity (Wildman–Crippen MR) is 77.8 cm³/mol. The zero-order valence-corrected chi connectivity index (χ0v) is 11.6. The largest absolute Gasteiger partial charge is 0.389 e. The molecule has 0 aliphatic carbocycles. The van der Waals surface area contributed by atoms with Gasteiger partial charge in [-0.15, -0.1) is 0 Å². The number of hydrogen-bond donors (Lipinski definition) is 1. The summed E-state index contributed by atoms with van der Waals surface area (Å²) in [5.74, 6) is -0.0758. The van der Waals surface area contributed by atoms with Gasteiger partial charge in [-0.1, -0.05) is 28.9 Å². The molecule has 104 valence electrons. The van der Waals surface area contributed by atoms with E-state index in [2.05, 4.69) is 17.3 Å². The van der Waals surface area contributed by atoms with E-state index in [1.165, 1.54) is 17.7 Å². The van der Waals surface area contributed by atoms with E-state index in [1.807, 2.05) is 19.9 Å². The Balaban J connectivity index is 2.02. The number of benzene rings is 2. The van der Waals surface area contributed by atoms with Crippen LogP contribution in [0.15, 0.2) is 47.6 Å². The third kappa shape index (κ3) is 3.57. The van der Waals surface area contributed by atoms with Gasteiger partial charge in [0.05, 0.1) is 0 Å². The fraction of sp³-hybridized carbons (Fsp3) is 0.188. The van der Waals surface area contributed by atoms with Crippen molar-refractivity contribution in [2.75, 3.05) is 0 Å². The molecule has 0 aliphatic heterocycles. The van der Waals surface area contributed by atoms with E-state index in [9.17, 15) is 4.39 Å². The lowest BCUT2D eigenvalue weighted by molar-refractivity contribution is 0.130. The van der Waals surface area contributed by atoms with Crippen LogP contribution in [-0.4, -0.2) is 5.84 Å². The first-order valence-electron chi connectivity index (χ1n) is 6.34. The molecule has 0 bridgehead atoms. The third-order valence-electron chi connectivity index (χ3n) is 3.03. The summed E-state index contributed by atoms with van der Waals surface area (Å²) in [7, 11) is 0. The van der Waals surface area contributed by atoms with Crippen LogP contribution in [0, 0.1) is 19.7 Å². The standard InChI is InChI=1S/C16H17FN2O/c1-11-3-4-12(2)14(9-11)10-20-19-16(18)13-5-7-15(17)8-6-13/h3-9H,10H2,1-2H3,(H2,18,19). The summed E-state index contributed by atoms with van der Waals surface area (Å²) >= 11 is 0. The van der Waals surface area contributed by atoms with Gasteiger partial charge in [0.1, 0.15) is 12.4 Å². The molecule has 0 atom stereocenters.